The van der Waals surface area contributed by atoms with Crippen LogP contribution in [0.2, 0.25) is 0 Å². The van der Waals surface area contributed by atoms with Gasteiger partial charge in [0.25, 0.3) is 0 Å². The molecule has 2 aromatic rings. The molecule has 0 aliphatic carbocycles. The Bertz CT molecular complexity index is 467. The highest BCUT2D eigenvalue weighted by Gasteiger charge is 2.07. The van der Waals surface area contributed by atoms with Gasteiger partial charge in [-0.2, -0.15) is 0 Å². The van der Waals surface area contributed by atoms with Crippen molar-refractivity contribution in [2.75, 3.05) is 0 Å². The standard InChI is InChI=1S/C10H8N2O2S/c1-7(13)8-2-3-10(14-8)15-9-6-11-4-5-12-9/h2-6H,1H3. The molecule has 4 nitrogen and oxygen atoms in total. The van der Waals surface area contributed by atoms with Crippen LogP contribution in [-0.2, 0) is 0 Å². The molecular weight excluding hydrogens is 212 g/mol. The monoisotopic (exact) mass is 220 g/mol. The molecule has 2 heterocycles. The van der Waals surface area contributed by atoms with E-state index in [-0.39, 0.29) is 5.78 Å². The van der Waals surface area contributed by atoms with E-state index in [1.165, 1.54) is 18.7 Å². The number of nitrogens with zero attached hydrogens (tertiary/aromatic N) is 2. The fourth-order valence-electron chi connectivity index (χ4n) is 1.01. The highest BCUT2D eigenvalue weighted by molar-refractivity contribution is 7.99. The molecule has 2 aromatic heterocycles. The normalized spacial score (nSPS) is 10.2. The van der Waals surface area contributed by atoms with E-state index in [1.54, 1.807) is 30.7 Å². The van der Waals surface area contributed by atoms with Gasteiger partial charge in [-0.25, -0.2) is 4.98 Å². The van der Waals surface area contributed by atoms with Crippen molar-refractivity contribution in [2.45, 2.75) is 17.0 Å². The van der Waals surface area contributed by atoms with Crippen molar-refractivity contribution in [3.05, 3.63) is 36.5 Å². The number of hydrogen-bond acceptors (Lipinski definition) is 5. The molecule has 0 radical (unpaired) electrons. The van der Waals surface area contributed by atoms with Crippen LogP contribution in [-0.4, -0.2) is 15.8 Å². The van der Waals surface area contributed by atoms with Crippen LogP contribution in [0.25, 0.3) is 0 Å². The second kappa shape index (κ2) is 4.27. The molecule has 0 aliphatic heterocycles. The Kier molecular flexibility index (Phi) is 2.82. The minimum atomic E-state index is -0.0824. The zero-order valence-electron chi connectivity index (χ0n) is 8.01. The van der Waals surface area contributed by atoms with E-state index in [4.69, 9.17) is 4.42 Å². The minimum Gasteiger partial charge on any atom is -0.446 e. The van der Waals surface area contributed by atoms with Gasteiger partial charge in [0, 0.05) is 19.3 Å². The Labute approximate surface area is 90.7 Å². The molecule has 0 fully saturated rings. The van der Waals surface area contributed by atoms with Crippen LogP contribution >= 0.6 is 11.8 Å². The number of carbonyl (C=O) groups is 1. The number of Topliss-reactive ketones (excluding diaryl/α,β-unsaturated/α-hetero) is 1. The first-order valence-corrected chi connectivity index (χ1v) is 5.12. The summed E-state index contributed by atoms with van der Waals surface area (Å²) in [7, 11) is 0. The molecule has 0 saturated carbocycles. The molecule has 15 heavy (non-hydrogen) atoms. The first-order chi connectivity index (χ1) is 7.25. The molecule has 0 amide bonds. The van der Waals surface area contributed by atoms with Gasteiger partial charge in [-0.1, -0.05) is 0 Å². The fraction of sp³-hybridized carbons (Fsp3) is 0.100. The lowest BCUT2D eigenvalue weighted by Crippen LogP contribution is -1.85. The molecule has 0 unspecified atom stereocenters. The van der Waals surface area contributed by atoms with E-state index >= 15 is 0 Å². The topological polar surface area (TPSA) is 56.0 Å². The van der Waals surface area contributed by atoms with Gasteiger partial charge in [0.15, 0.2) is 16.6 Å². The highest BCUT2D eigenvalue weighted by atomic mass is 32.2. The molecule has 2 rings (SSSR count). The predicted octanol–water partition coefficient (Wildman–Crippen LogP) is 2.42. The maximum Gasteiger partial charge on any atom is 0.194 e. The molecule has 0 bridgehead atoms. The van der Waals surface area contributed by atoms with E-state index in [0.717, 1.165) is 5.03 Å². The third kappa shape index (κ3) is 2.44. The highest BCUT2D eigenvalue weighted by Crippen LogP contribution is 2.26. The molecule has 0 spiro atoms. The summed E-state index contributed by atoms with van der Waals surface area (Å²) in [4.78, 5) is 19.0. The largest absolute Gasteiger partial charge is 0.446 e. The van der Waals surface area contributed by atoms with Crippen molar-refractivity contribution in [2.24, 2.45) is 0 Å². The summed E-state index contributed by atoms with van der Waals surface area (Å²) in [5.41, 5.74) is 0. The van der Waals surface area contributed by atoms with Crippen molar-refractivity contribution in [1.29, 1.82) is 0 Å². The number of ketones is 1. The number of furan rings is 1. The van der Waals surface area contributed by atoms with Gasteiger partial charge in [-0.05, 0) is 23.9 Å². The van der Waals surface area contributed by atoms with Crippen LogP contribution in [0.15, 0.2) is 45.3 Å². The van der Waals surface area contributed by atoms with Crippen LogP contribution in [0.4, 0.5) is 0 Å². The smallest absolute Gasteiger partial charge is 0.194 e. The molecule has 76 valence electrons. The molecule has 5 heteroatoms. The summed E-state index contributed by atoms with van der Waals surface area (Å²) < 4.78 is 5.29. The number of rotatable bonds is 3. The molecule has 0 atom stereocenters. The Morgan fingerprint density at radius 1 is 1.40 bits per heavy atom. The lowest BCUT2D eigenvalue weighted by Gasteiger charge is -1.94. The summed E-state index contributed by atoms with van der Waals surface area (Å²) in [6.07, 6.45) is 4.85. The molecule has 0 aliphatic rings. The third-order valence-corrected chi connectivity index (χ3v) is 2.51. The van der Waals surface area contributed by atoms with Gasteiger partial charge in [0.2, 0.25) is 0 Å². The van der Waals surface area contributed by atoms with Crippen LogP contribution in [0.1, 0.15) is 17.5 Å². The summed E-state index contributed by atoms with van der Waals surface area (Å²) in [6, 6.07) is 3.40. The van der Waals surface area contributed by atoms with Crippen LogP contribution in [0.3, 0.4) is 0 Å². The van der Waals surface area contributed by atoms with Gasteiger partial charge in [0.1, 0.15) is 5.03 Å². The molecule has 0 saturated heterocycles. The first kappa shape index (κ1) is 9.92. The quantitative estimate of drug-likeness (QED) is 0.743. The minimum absolute atomic E-state index is 0.0824. The maximum absolute atomic E-state index is 11.0. The van der Waals surface area contributed by atoms with E-state index < -0.39 is 0 Å². The van der Waals surface area contributed by atoms with Crippen molar-refractivity contribution in [3.8, 4) is 0 Å². The second-order valence-electron chi connectivity index (χ2n) is 2.82. The Hall–Kier alpha value is -1.62. The van der Waals surface area contributed by atoms with Gasteiger partial charge in [-0.15, -0.1) is 0 Å². The third-order valence-electron chi connectivity index (χ3n) is 1.67. The number of hydrogen-bond donors (Lipinski definition) is 0. The van der Waals surface area contributed by atoms with Crippen molar-refractivity contribution < 1.29 is 9.21 Å². The number of carbonyl (C=O) groups excluding carboxylic acids is 1. The van der Waals surface area contributed by atoms with Crippen molar-refractivity contribution in [1.82, 2.24) is 9.97 Å². The molecule has 0 N–H and O–H groups in total. The van der Waals surface area contributed by atoms with Gasteiger partial charge in [-0.3, -0.25) is 9.78 Å². The van der Waals surface area contributed by atoms with Gasteiger partial charge >= 0.3 is 0 Å². The Morgan fingerprint density at radius 2 is 2.27 bits per heavy atom. The van der Waals surface area contributed by atoms with Crippen LogP contribution in [0.5, 0.6) is 0 Å². The zero-order chi connectivity index (χ0) is 10.7. The summed E-state index contributed by atoms with van der Waals surface area (Å²) in [6.45, 7) is 1.47. The SMILES string of the molecule is CC(=O)c1ccc(Sc2cnccn2)o1. The average Bonchev–Trinajstić information content (AvgIpc) is 2.68. The number of aromatic nitrogens is 2. The fourth-order valence-corrected chi connectivity index (χ4v) is 1.71. The Morgan fingerprint density at radius 3 is 2.87 bits per heavy atom. The zero-order valence-corrected chi connectivity index (χ0v) is 8.82. The van der Waals surface area contributed by atoms with Gasteiger partial charge < -0.3 is 4.42 Å². The first-order valence-electron chi connectivity index (χ1n) is 4.30. The van der Waals surface area contributed by atoms with Crippen molar-refractivity contribution >= 4 is 17.5 Å². The predicted molar refractivity (Wildman–Crippen MR) is 54.9 cm³/mol. The average molecular weight is 220 g/mol. The summed E-state index contributed by atoms with van der Waals surface area (Å²) >= 11 is 1.33. The Balaban J connectivity index is 2.15. The van der Waals surface area contributed by atoms with E-state index in [2.05, 4.69) is 9.97 Å². The maximum atomic E-state index is 11.0. The summed E-state index contributed by atoms with van der Waals surface area (Å²) in [5, 5.41) is 1.38. The second-order valence-corrected chi connectivity index (χ2v) is 3.85. The van der Waals surface area contributed by atoms with Crippen LogP contribution < -0.4 is 0 Å². The van der Waals surface area contributed by atoms with E-state index in [1.807, 2.05) is 0 Å². The van der Waals surface area contributed by atoms with E-state index in [0.29, 0.717) is 10.9 Å². The molecular formula is C10H8N2O2S. The van der Waals surface area contributed by atoms with Crippen molar-refractivity contribution in [3.63, 3.8) is 0 Å². The lowest BCUT2D eigenvalue weighted by atomic mass is 10.3. The summed E-state index contributed by atoms with van der Waals surface area (Å²) in [5.74, 6) is 0.280. The molecule has 0 aromatic carbocycles. The van der Waals surface area contributed by atoms with Crippen LogP contribution in [0, 0.1) is 0 Å². The van der Waals surface area contributed by atoms with Gasteiger partial charge in [0.05, 0.1) is 6.20 Å². The lowest BCUT2D eigenvalue weighted by molar-refractivity contribution is 0.0982. The van der Waals surface area contributed by atoms with E-state index in [9.17, 15) is 4.79 Å².